The molecule has 1 fully saturated rings. The highest BCUT2D eigenvalue weighted by Gasteiger charge is 2.12. The first kappa shape index (κ1) is 11.9. The van der Waals surface area contributed by atoms with E-state index in [1.54, 1.807) is 0 Å². The molecule has 1 aliphatic rings. The van der Waals surface area contributed by atoms with Crippen LogP contribution < -0.4 is 5.32 Å². The average Bonchev–Trinajstić information content (AvgIpc) is 2.33. The number of nitrogens with one attached hydrogen (secondary N) is 1. The quantitative estimate of drug-likeness (QED) is 0.809. The highest BCUT2D eigenvalue weighted by Crippen LogP contribution is 2.23. The maximum atomic E-state index is 12.7. The maximum Gasteiger partial charge on any atom is 0.123 e. The Hall–Kier alpha value is -0.540. The summed E-state index contributed by atoms with van der Waals surface area (Å²) in [5.41, 5.74) is 0. The zero-order valence-corrected chi connectivity index (χ0v) is 10.2. The minimum atomic E-state index is -0.150. The van der Waals surface area contributed by atoms with Gasteiger partial charge in [0.2, 0.25) is 0 Å². The molecular weight excluding hydrogens is 221 g/mol. The second-order valence-corrected chi connectivity index (χ2v) is 5.45. The second kappa shape index (κ2) is 6.26. The molecule has 0 spiro atoms. The lowest BCUT2D eigenvalue weighted by atomic mass is 9.96. The van der Waals surface area contributed by atoms with Gasteiger partial charge < -0.3 is 5.32 Å². The molecule has 1 heterocycles. The van der Waals surface area contributed by atoms with Gasteiger partial charge in [0, 0.05) is 4.90 Å². The van der Waals surface area contributed by atoms with Crippen LogP contribution in [0.25, 0.3) is 0 Å². The van der Waals surface area contributed by atoms with E-state index >= 15 is 0 Å². The molecule has 0 bridgehead atoms. The van der Waals surface area contributed by atoms with Gasteiger partial charge in [0.1, 0.15) is 5.82 Å². The Morgan fingerprint density at radius 1 is 1.19 bits per heavy atom. The van der Waals surface area contributed by atoms with E-state index in [-0.39, 0.29) is 5.82 Å². The smallest absolute Gasteiger partial charge is 0.123 e. The zero-order chi connectivity index (χ0) is 11.2. The summed E-state index contributed by atoms with van der Waals surface area (Å²) < 4.78 is 12.7. The third kappa shape index (κ3) is 3.80. The van der Waals surface area contributed by atoms with Crippen molar-refractivity contribution in [2.45, 2.75) is 24.2 Å². The second-order valence-electron chi connectivity index (χ2n) is 4.28. The summed E-state index contributed by atoms with van der Waals surface area (Å²) in [7, 11) is 0. The van der Waals surface area contributed by atoms with E-state index in [9.17, 15) is 4.39 Å². The summed E-state index contributed by atoms with van der Waals surface area (Å²) >= 11 is 1.84. The monoisotopic (exact) mass is 239 g/mol. The minimum Gasteiger partial charge on any atom is -0.317 e. The van der Waals surface area contributed by atoms with Crippen molar-refractivity contribution in [1.29, 1.82) is 0 Å². The summed E-state index contributed by atoms with van der Waals surface area (Å²) in [6, 6.07) is 6.80. The van der Waals surface area contributed by atoms with Crippen LogP contribution in [0.4, 0.5) is 4.39 Å². The largest absolute Gasteiger partial charge is 0.317 e. The molecule has 0 atom stereocenters. The summed E-state index contributed by atoms with van der Waals surface area (Å²) in [6.45, 7) is 2.35. The Bertz CT molecular complexity index is 306. The third-order valence-electron chi connectivity index (χ3n) is 3.07. The Kier molecular flexibility index (Phi) is 4.67. The van der Waals surface area contributed by atoms with Crippen LogP contribution in [-0.2, 0) is 0 Å². The average molecular weight is 239 g/mol. The van der Waals surface area contributed by atoms with Crippen LogP contribution in [-0.4, -0.2) is 18.8 Å². The van der Waals surface area contributed by atoms with Crippen molar-refractivity contribution in [3.8, 4) is 0 Å². The van der Waals surface area contributed by atoms with Gasteiger partial charge >= 0.3 is 0 Å². The van der Waals surface area contributed by atoms with Gasteiger partial charge in [-0.2, -0.15) is 0 Å². The number of benzene rings is 1. The fourth-order valence-electron chi connectivity index (χ4n) is 2.04. The van der Waals surface area contributed by atoms with Crippen LogP contribution in [0, 0.1) is 11.7 Å². The molecule has 0 unspecified atom stereocenters. The fourth-order valence-corrected chi connectivity index (χ4v) is 3.06. The van der Waals surface area contributed by atoms with Crippen LogP contribution in [0.5, 0.6) is 0 Å². The van der Waals surface area contributed by atoms with E-state index in [1.807, 2.05) is 23.9 Å². The van der Waals surface area contributed by atoms with Crippen molar-refractivity contribution >= 4 is 11.8 Å². The first-order valence-electron chi connectivity index (χ1n) is 5.94. The van der Waals surface area contributed by atoms with Gasteiger partial charge in [0.25, 0.3) is 0 Å². The SMILES string of the molecule is Fc1ccc(SCCC2CCNCC2)cc1. The van der Waals surface area contributed by atoms with E-state index in [0.717, 1.165) is 11.7 Å². The third-order valence-corrected chi connectivity index (χ3v) is 4.11. The van der Waals surface area contributed by atoms with Gasteiger partial charge in [-0.3, -0.25) is 0 Å². The van der Waals surface area contributed by atoms with Gasteiger partial charge in [-0.05, 0) is 68.3 Å². The van der Waals surface area contributed by atoms with E-state index in [1.165, 1.54) is 49.4 Å². The van der Waals surface area contributed by atoms with E-state index in [0.29, 0.717) is 0 Å². The summed E-state index contributed by atoms with van der Waals surface area (Å²) in [6.07, 6.45) is 3.90. The molecule has 0 aromatic heterocycles. The van der Waals surface area contributed by atoms with Crippen LogP contribution in [0.2, 0.25) is 0 Å². The molecule has 0 aliphatic carbocycles. The molecule has 1 N–H and O–H groups in total. The number of halogens is 1. The Labute approximate surface area is 101 Å². The number of piperidine rings is 1. The van der Waals surface area contributed by atoms with Crippen LogP contribution >= 0.6 is 11.8 Å². The van der Waals surface area contributed by atoms with Gasteiger partial charge in [-0.1, -0.05) is 0 Å². The lowest BCUT2D eigenvalue weighted by molar-refractivity contribution is 0.367. The number of rotatable bonds is 4. The molecule has 1 aromatic rings. The highest BCUT2D eigenvalue weighted by atomic mass is 32.2. The first-order valence-corrected chi connectivity index (χ1v) is 6.92. The summed E-state index contributed by atoms with van der Waals surface area (Å²) in [4.78, 5) is 1.18. The fraction of sp³-hybridized carbons (Fsp3) is 0.538. The van der Waals surface area contributed by atoms with E-state index in [4.69, 9.17) is 0 Å². The molecule has 88 valence electrons. The summed E-state index contributed by atoms with van der Waals surface area (Å²) in [5.74, 6) is 1.88. The number of thioether (sulfide) groups is 1. The van der Waals surface area contributed by atoms with Gasteiger partial charge in [-0.15, -0.1) is 11.8 Å². The van der Waals surface area contributed by atoms with Crippen molar-refractivity contribution in [2.75, 3.05) is 18.8 Å². The lowest BCUT2D eigenvalue weighted by Crippen LogP contribution is -2.27. The van der Waals surface area contributed by atoms with Crippen molar-refractivity contribution in [3.63, 3.8) is 0 Å². The molecule has 16 heavy (non-hydrogen) atoms. The standard InChI is InChI=1S/C13H18FNS/c14-12-1-3-13(4-2-12)16-10-7-11-5-8-15-9-6-11/h1-4,11,15H,5-10H2. The molecular formula is C13H18FNS. The topological polar surface area (TPSA) is 12.0 Å². The molecule has 1 nitrogen and oxygen atoms in total. The molecule has 0 radical (unpaired) electrons. The molecule has 3 heteroatoms. The number of hydrogen-bond donors (Lipinski definition) is 1. The van der Waals surface area contributed by atoms with Crippen molar-refractivity contribution in [1.82, 2.24) is 5.32 Å². The predicted octanol–water partition coefficient (Wildman–Crippen LogP) is 3.31. The van der Waals surface area contributed by atoms with Crippen LogP contribution in [0.3, 0.4) is 0 Å². The zero-order valence-electron chi connectivity index (χ0n) is 9.42. The normalized spacial score (nSPS) is 17.6. The van der Waals surface area contributed by atoms with E-state index < -0.39 is 0 Å². The van der Waals surface area contributed by atoms with Crippen molar-refractivity contribution in [3.05, 3.63) is 30.1 Å². The van der Waals surface area contributed by atoms with Crippen LogP contribution in [0.15, 0.2) is 29.2 Å². The van der Waals surface area contributed by atoms with Crippen molar-refractivity contribution in [2.24, 2.45) is 5.92 Å². The van der Waals surface area contributed by atoms with E-state index in [2.05, 4.69) is 5.32 Å². The molecule has 0 saturated carbocycles. The Balaban J connectivity index is 1.69. The minimum absolute atomic E-state index is 0.150. The van der Waals surface area contributed by atoms with Gasteiger partial charge in [0.15, 0.2) is 0 Å². The molecule has 0 amide bonds. The first-order chi connectivity index (χ1) is 7.84. The molecule has 1 aromatic carbocycles. The molecule has 2 rings (SSSR count). The Morgan fingerprint density at radius 3 is 2.56 bits per heavy atom. The number of hydrogen-bond acceptors (Lipinski definition) is 2. The summed E-state index contributed by atoms with van der Waals surface area (Å²) in [5, 5.41) is 3.38. The lowest BCUT2D eigenvalue weighted by Gasteiger charge is -2.22. The molecule has 1 aliphatic heterocycles. The predicted molar refractivity (Wildman–Crippen MR) is 67.3 cm³/mol. The van der Waals surface area contributed by atoms with Crippen molar-refractivity contribution < 1.29 is 4.39 Å². The van der Waals surface area contributed by atoms with Gasteiger partial charge in [-0.25, -0.2) is 4.39 Å². The molecule has 1 saturated heterocycles. The Morgan fingerprint density at radius 2 is 1.88 bits per heavy atom. The highest BCUT2D eigenvalue weighted by molar-refractivity contribution is 7.99. The van der Waals surface area contributed by atoms with Gasteiger partial charge in [0.05, 0.1) is 0 Å². The maximum absolute atomic E-state index is 12.7. The van der Waals surface area contributed by atoms with Crippen LogP contribution in [0.1, 0.15) is 19.3 Å².